The molecule has 1 atom stereocenters. The van der Waals surface area contributed by atoms with Crippen LogP contribution in [0.1, 0.15) is 38.4 Å². The predicted octanol–water partition coefficient (Wildman–Crippen LogP) is 3.59. The van der Waals surface area contributed by atoms with Crippen LogP contribution in [-0.2, 0) is 15.6 Å². The van der Waals surface area contributed by atoms with Crippen LogP contribution in [0.3, 0.4) is 0 Å². The molecule has 31 heavy (non-hydrogen) atoms. The minimum absolute atomic E-state index is 0.179. The van der Waals surface area contributed by atoms with Gasteiger partial charge in [-0.1, -0.05) is 37.0 Å². The Morgan fingerprint density at radius 3 is 2.55 bits per heavy atom. The number of carbonyl (C=O) groups is 1. The average Bonchev–Trinajstić information content (AvgIpc) is 3.39. The maximum atomic E-state index is 13.5. The van der Waals surface area contributed by atoms with Crippen molar-refractivity contribution >= 4 is 40.4 Å². The van der Waals surface area contributed by atoms with Gasteiger partial charge in [0.15, 0.2) is 16.6 Å². The van der Waals surface area contributed by atoms with Crippen LogP contribution in [-0.4, -0.2) is 40.5 Å². The Morgan fingerprint density at radius 1 is 1.10 bits per heavy atom. The number of amides is 1. The number of nitrogens with zero attached hydrogens (tertiary/aromatic N) is 7. The second-order valence-electron chi connectivity index (χ2n) is 8.45. The summed E-state index contributed by atoms with van der Waals surface area (Å²) in [7, 11) is 0. The van der Waals surface area contributed by atoms with Crippen molar-refractivity contribution in [2.45, 2.75) is 38.0 Å². The molecule has 0 saturated heterocycles. The topological polar surface area (TPSA) is 103 Å². The smallest absolute Gasteiger partial charge is 0.234 e. The summed E-state index contributed by atoms with van der Waals surface area (Å²) >= 11 is 12.4. The first-order valence-electron chi connectivity index (χ1n) is 9.58. The van der Waals surface area contributed by atoms with Crippen LogP contribution in [0.4, 0.5) is 5.69 Å². The second kappa shape index (κ2) is 6.73. The number of rotatable bonds is 3. The van der Waals surface area contributed by atoms with Gasteiger partial charge in [-0.3, -0.25) is 4.79 Å². The van der Waals surface area contributed by atoms with Crippen LogP contribution in [0.15, 0.2) is 36.9 Å². The van der Waals surface area contributed by atoms with E-state index < -0.39 is 5.41 Å². The quantitative estimate of drug-likeness (QED) is 0.505. The van der Waals surface area contributed by atoms with Crippen molar-refractivity contribution in [3.63, 3.8) is 0 Å². The van der Waals surface area contributed by atoms with Gasteiger partial charge in [-0.2, -0.15) is 15.3 Å². The third-order valence-electron chi connectivity index (χ3n) is 5.67. The largest absolute Gasteiger partial charge is 0.324 e. The molecule has 4 aromatic rings. The van der Waals surface area contributed by atoms with E-state index in [1.54, 1.807) is 22.8 Å². The lowest BCUT2D eigenvalue weighted by atomic mass is 9.79. The molecule has 0 saturated carbocycles. The van der Waals surface area contributed by atoms with Crippen LogP contribution < -0.4 is 5.32 Å². The van der Waals surface area contributed by atoms with Crippen molar-refractivity contribution in [2.75, 3.05) is 5.32 Å². The molecular weight excluding hydrogens is 439 g/mol. The molecule has 4 aromatic heterocycles. The standard InChI is InChI=1S/C20H18Cl2N8O/c1-19(2)10-20(3,12-9-23-15-7-14(22)28-29(15)16(12)19)18(31)27-11-6-13(21)17(24-8-11)30-25-4-5-26-30/h4-9H,10H2,1-3H3,(H,27,31)/t20-/m1/s1. The molecule has 9 nitrogen and oxygen atoms in total. The third-order valence-corrected chi connectivity index (χ3v) is 6.14. The zero-order chi connectivity index (χ0) is 22.0. The molecule has 5 rings (SSSR count). The Bertz CT molecular complexity index is 1330. The van der Waals surface area contributed by atoms with Crippen molar-refractivity contribution in [3.05, 3.63) is 58.4 Å². The van der Waals surface area contributed by atoms with Gasteiger partial charge in [0, 0.05) is 23.2 Å². The summed E-state index contributed by atoms with van der Waals surface area (Å²) in [5, 5.41) is 16.1. The van der Waals surface area contributed by atoms with Crippen molar-refractivity contribution in [1.29, 1.82) is 0 Å². The fourth-order valence-electron chi connectivity index (χ4n) is 4.47. The Labute approximate surface area is 187 Å². The number of aromatic nitrogens is 7. The first-order valence-corrected chi connectivity index (χ1v) is 10.3. The van der Waals surface area contributed by atoms with Gasteiger partial charge in [0.1, 0.15) is 0 Å². The molecule has 11 heteroatoms. The first kappa shape index (κ1) is 19.9. The number of fused-ring (bicyclic) bond motifs is 3. The average molecular weight is 457 g/mol. The zero-order valence-corrected chi connectivity index (χ0v) is 18.5. The molecule has 1 aliphatic carbocycles. The summed E-state index contributed by atoms with van der Waals surface area (Å²) in [6, 6.07) is 3.33. The molecule has 1 amide bonds. The molecule has 0 spiro atoms. The van der Waals surface area contributed by atoms with Gasteiger partial charge < -0.3 is 5.32 Å². The first-order chi connectivity index (χ1) is 14.7. The summed E-state index contributed by atoms with van der Waals surface area (Å²) < 4.78 is 1.74. The van der Waals surface area contributed by atoms with Crippen molar-refractivity contribution in [3.8, 4) is 5.82 Å². The second-order valence-corrected chi connectivity index (χ2v) is 9.25. The molecular formula is C20H18Cl2N8O. The highest BCUT2D eigenvalue weighted by atomic mass is 35.5. The Kier molecular flexibility index (Phi) is 4.32. The van der Waals surface area contributed by atoms with E-state index in [4.69, 9.17) is 23.2 Å². The van der Waals surface area contributed by atoms with E-state index >= 15 is 0 Å². The van der Waals surface area contributed by atoms with E-state index in [0.29, 0.717) is 33.7 Å². The highest BCUT2D eigenvalue weighted by Crippen LogP contribution is 2.49. The Balaban J connectivity index is 1.51. The third kappa shape index (κ3) is 3.07. The number of hydrogen-bond acceptors (Lipinski definition) is 6. The molecule has 0 unspecified atom stereocenters. The maximum absolute atomic E-state index is 13.5. The number of anilines is 1. The lowest BCUT2D eigenvalue weighted by Gasteiger charge is -2.26. The molecule has 4 heterocycles. The van der Waals surface area contributed by atoms with Gasteiger partial charge in [0.05, 0.1) is 40.4 Å². The minimum atomic E-state index is -0.826. The van der Waals surface area contributed by atoms with Crippen LogP contribution in [0.2, 0.25) is 10.2 Å². The molecule has 0 bridgehead atoms. The molecule has 158 valence electrons. The van der Waals surface area contributed by atoms with E-state index in [2.05, 4.69) is 44.4 Å². The predicted molar refractivity (Wildman–Crippen MR) is 116 cm³/mol. The van der Waals surface area contributed by atoms with Crippen LogP contribution in [0.5, 0.6) is 0 Å². The summed E-state index contributed by atoms with van der Waals surface area (Å²) in [5.41, 5.74) is 1.74. The Morgan fingerprint density at radius 2 is 1.84 bits per heavy atom. The van der Waals surface area contributed by atoms with E-state index in [1.807, 2.05) is 6.92 Å². The van der Waals surface area contributed by atoms with Gasteiger partial charge in [-0.25, -0.2) is 14.5 Å². The molecule has 0 fully saturated rings. The van der Waals surface area contributed by atoms with Gasteiger partial charge in [0.25, 0.3) is 0 Å². The molecule has 1 N–H and O–H groups in total. The van der Waals surface area contributed by atoms with Crippen LogP contribution in [0.25, 0.3) is 11.5 Å². The lowest BCUT2D eigenvalue weighted by molar-refractivity contribution is -0.121. The minimum Gasteiger partial charge on any atom is -0.324 e. The van der Waals surface area contributed by atoms with Crippen LogP contribution in [0, 0.1) is 0 Å². The molecule has 1 aliphatic rings. The molecule has 0 aromatic carbocycles. The van der Waals surface area contributed by atoms with Gasteiger partial charge in [0.2, 0.25) is 5.91 Å². The summed E-state index contributed by atoms with van der Waals surface area (Å²) in [5.74, 6) is 0.201. The summed E-state index contributed by atoms with van der Waals surface area (Å²) in [6.45, 7) is 6.08. The maximum Gasteiger partial charge on any atom is 0.234 e. The monoisotopic (exact) mass is 456 g/mol. The normalized spacial score (nSPS) is 19.5. The van der Waals surface area contributed by atoms with Crippen molar-refractivity contribution < 1.29 is 4.79 Å². The van der Waals surface area contributed by atoms with Crippen molar-refractivity contribution in [1.82, 2.24) is 34.6 Å². The van der Waals surface area contributed by atoms with E-state index in [1.165, 1.54) is 23.4 Å². The summed E-state index contributed by atoms with van der Waals surface area (Å²) in [6.07, 6.45) is 6.92. The van der Waals surface area contributed by atoms with E-state index in [-0.39, 0.29) is 11.3 Å². The summed E-state index contributed by atoms with van der Waals surface area (Å²) in [4.78, 5) is 23.5. The highest BCUT2D eigenvalue weighted by molar-refractivity contribution is 6.32. The van der Waals surface area contributed by atoms with Gasteiger partial charge in [-0.15, -0.1) is 4.80 Å². The molecule has 0 aliphatic heterocycles. The Hall–Kier alpha value is -3.04. The fourth-order valence-corrected chi connectivity index (χ4v) is 4.88. The number of carbonyl (C=O) groups excluding carboxylic acids is 1. The van der Waals surface area contributed by atoms with E-state index in [9.17, 15) is 4.79 Å². The highest BCUT2D eigenvalue weighted by Gasteiger charge is 2.51. The molecule has 0 radical (unpaired) electrons. The number of halogens is 2. The fraction of sp³-hybridized carbons (Fsp3) is 0.300. The SMILES string of the molecule is CC1(C)C[C@@](C)(C(=O)Nc2cnc(-n3nccn3)c(Cl)c2)c2cnc3cc(Cl)nn3c21. The van der Waals surface area contributed by atoms with Gasteiger partial charge in [-0.05, 0) is 19.4 Å². The lowest BCUT2D eigenvalue weighted by Crippen LogP contribution is -2.37. The van der Waals surface area contributed by atoms with Gasteiger partial charge >= 0.3 is 0 Å². The van der Waals surface area contributed by atoms with Crippen molar-refractivity contribution in [2.24, 2.45) is 0 Å². The number of hydrogen-bond donors (Lipinski definition) is 1. The zero-order valence-electron chi connectivity index (χ0n) is 17.0. The number of nitrogens with one attached hydrogen (secondary N) is 1. The van der Waals surface area contributed by atoms with E-state index in [0.717, 1.165) is 11.3 Å². The van der Waals surface area contributed by atoms with Crippen LogP contribution >= 0.6 is 23.2 Å². The number of pyridine rings is 1.